The summed E-state index contributed by atoms with van der Waals surface area (Å²) in [5.41, 5.74) is 0. The monoisotopic (exact) mass is 279 g/mol. The molecule has 1 N–H and O–H groups in total. The van der Waals surface area contributed by atoms with Crippen molar-refractivity contribution in [2.45, 2.75) is 91.0 Å². The lowest BCUT2D eigenvalue weighted by Gasteiger charge is -2.42. The van der Waals surface area contributed by atoms with Gasteiger partial charge in [-0.3, -0.25) is 0 Å². The van der Waals surface area contributed by atoms with E-state index in [-0.39, 0.29) is 0 Å². The molecule has 4 unspecified atom stereocenters. The third kappa shape index (κ3) is 4.76. The average Bonchev–Trinajstić information content (AvgIpc) is 2.46. The van der Waals surface area contributed by atoms with Gasteiger partial charge in [0.2, 0.25) is 0 Å². The number of nitrogens with one attached hydrogen (secondary N) is 1. The molecule has 118 valence electrons. The Kier molecular flexibility index (Phi) is 6.87. The second kappa shape index (κ2) is 8.41. The summed E-state index contributed by atoms with van der Waals surface area (Å²) in [6.45, 7) is 8.25. The number of fused-ring (bicyclic) bond motifs is 1. The van der Waals surface area contributed by atoms with Crippen molar-refractivity contribution >= 4 is 0 Å². The molecule has 0 saturated heterocycles. The molecule has 4 atom stereocenters. The van der Waals surface area contributed by atoms with Crippen molar-refractivity contribution < 1.29 is 0 Å². The normalized spacial score (nSPS) is 32.1. The first kappa shape index (κ1) is 16.3. The quantitative estimate of drug-likeness (QED) is 0.658. The molecule has 0 heterocycles. The van der Waals surface area contributed by atoms with Crippen LogP contribution < -0.4 is 5.32 Å². The van der Waals surface area contributed by atoms with E-state index in [2.05, 4.69) is 26.1 Å². The van der Waals surface area contributed by atoms with Gasteiger partial charge in [0.1, 0.15) is 0 Å². The summed E-state index contributed by atoms with van der Waals surface area (Å²) in [6, 6.07) is 0.806. The van der Waals surface area contributed by atoms with Crippen molar-refractivity contribution in [3.05, 3.63) is 0 Å². The summed E-state index contributed by atoms with van der Waals surface area (Å²) in [6.07, 6.45) is 14.7. The molecule has 0 aromatic heterocycles. The minimum absolute atomic E-state index is 0.806. The molecule has 2 aliphatic rings. The third-order valence-corrected chi connectivity index (χ3v) is 5.86. The number of rotatable bonds is 7. The fourth-order valence-electron chi connectivity index (χ4n) is 4.62. The molecule has 0 radical (unpaired) electrons. The van der Waals surface area contributed by atoms with Crippen LogP contribution in [0, 0.1) is 23.7 Å². The molecule has 0 aromatic carbocycles. The van der Waals surface area contributed by atoms with Crippen LogP contribution in [0.15, 0.2) is 0 Å². The maximum absolute atomic E-state index is 3.89. The second-order valence-electron chi connectivity index (χ2n) is 7.91. The maximum atomic E-state index is 3.89. The molecule has 1 nitrogen and oxygen atoms in total. The van der Waals surface area contributed by atoms with E-state index >= 15 is 0 Å². The minimum Gasteiger partial charge on any atom is -0.314 e. The van der Waals surface area contributed by atoms with Gasteiger partial charge in [-0.1, -0.05) is 46.5 Å². The van der Waals surface area contributed by atoms with Gasteiger partial charge in [-0.05, 0) is 68.7 Å². The average molecular weight is 280 g/mol. The van der Waals surface area contributed by atoms with Crippen molar-refractivity contribution in [3.8, 4) is 0 Å². The van der Waals surface area contributed by atoms with Crippen LogP contribution in [0.5, 0.6) is 0 Å². The Morgan fingerprint density at radius 2 is 1.70 bits per heavy atom. The first-order valence-electron chi connectivity index (χ1n) is 9.44. The largest absolute Gasteiger partial charge is 0.314 e. The summed E-state index contributed by atoms with van der Waals surface area (Å²) >= 11 is 0. The Morgan fingerprint density at radius 3 is 2.40 bits per heavy atom. The molecular weight excluding hydrogens is 242 g/mol. The third-order valence-electron chi connectivity index (χ3n) is 5.86. The lowest BCUT2D eigenvalue weighted by molar-refractivity contribution is 0.106. The smallest absolute Gasteiger partial charge is 0.00955 e. The van der Waals surface area contributed by atoms with Crippen LogP contribution in [0.1, 0.15) is 85.0 Å². The summed E-state index contributed by atoms with van der Waals surface area (Å²) < 4.78 is 0. The first-order chi connectivity index (χ1) is 9.70. The fourth-order valence-corrected chi connectivity index (χ4v) is 4.62. The Labute approximate surface area is 127 Å². The lowest BCUT2D eigenvalue weighted by atomic mass is 9.65. The van der Waals surface area contributed by atoms with Crippen LogP contribution in [0.3, 0.4) is 0 Å². The van der Waals surface area contributed by atoms with E-state index in [0.717, 1.165) is 29.7 Å². The van der Waals surface area contributed by atoms with Gasteiger partial charge in [-0.15, -0.1) is 0 Å². The van der Waals surface area contributed by atoms with Crippen LogP contribution in [-0.2, 0) is 0 Å². The van der Waals surface area contributed by atoms with Gasteiger partial charge < -0.3 is 5.32 Å². The van der Waals surface area contributed by atoms with Gasteiger partial charge in [-0.2, -0.15) is 0 Å². The number of hydrogen-bond donors (Lipinski definition) is 1. The van der Waals surface area contributed by atoms with E-state index in [9.17, 15) is 0 Å². The Hall–Kier alpha value is -0.0400. The zero-order valence-corrected chi connectivity index (χ0v) is 14.2. The molecule has 0 amide bonds. The van der Waals surface area contributed by atoms with Crippen molar-refractivity contribution in [3.63, 3.8) is 0 Å². The molecular formula is C19H37N. The highest BCUT2D eigenvalue weighted by atomic mass is 14.9. The van der Waals surface area contributed by atoms with E-state index in [1.54, 1.807) is 0 Å². The predicted octanol–water partition coefficient (Wildman–Crippen LogP) is 5.40. The molecule has 20 heavy (non-hydrogen) atoms. The summed E-state index contributed by atoms with van der Waals surface area (Å²) in [5, 5.41) is 3.89. The van der Waals surface area contributed by atoms with E-state index < -0.39 is 0 Å². The molecule has 0 aromatic rings. The second-order valence-corrected chi connectivity index (χ2v) is 7.91. The van der Waals surface area contributed by atoms with Gasteiger partial charge in [-0.25, -0.2) is 0 Å². The number of hydrogen-bond acceptors (Lipinski definition) is 1. The van der Waals surface area contributed by atoms with Crippen LogP contribution in [-0.4, -0.2) is 12.6 Å². The minimum atomic E-state index is 0.806. The molecule has 2 rings (SSSR count). The van der Waals surface area contributed by atoms with E-state index in [4.69, 9.17) is 0 Å². The van der Waals surface area contributed by atoms with E-state index in [0.29, 0.717) is 0 Å². The van der Waals surface area contributed by atoms with Gasteiger partial charge >= 0.3 is 0 Å². The maximum Gasteiger partial charge on any atom is 0.00955 e. The predicted molar refractivity (Wildman–Crippen MR) is 88.9 cm³/mol. The van der Waals surface area contributed by atoms with Crippen LogP contribution in [0.4, 0.5) is 0 Å². The molecule has 1 heteroatoms. The molecule has 0 spiro atoms. The molecule has 0 aliphatic heterocycles. The lowest BCUT2D eigenvalue weighted by Crippen LogP contribution is -2.41. The highest BCUT2D eigenvalue weighted by Crippen LogP contribution is 2.44. The van der Waals surface area contributed by atoms with Crippen LogP contribution in [0.2, 0.25) is 0 Å². The van der Waals surface area contributed by atoms with Crippen molar-refractivity contribution in [1.29, 1.82) is 0 Å². The Balaban J connectivity index is 1.86. The summed E-state index contributed by atoms with van der Waals surface area (Å²) in [5.74, 6) is 4.00. The van der Waals surface area contributed by atoms with Gasteiger partial charge in [0.15, 0.2) is 0 Å². The SMILES string of the molecule is CCCNC(CCC(C)C)C1CCC2CCCCC2C1. The molecule has 2 aliphatic carbocycles. The Morgan fingerprint density at radius 1 is 0.950 bits per heavy atom. The zero-order valence-electron chi connectivity index (χ0n) is 14.2. The van der Waals surface area contributed by atoms with Crippen LogP contribution in [0.25, 0.3) is 0 Å². The standard InChI is InChI=1S/C19H37N/c1-4-13-20-19(12-9-15(2)3)18-11-10-16-7-5-6-8-17(16)14-18/h15-20H,4-14H2,1-3H3. The van der Waals surface area contributed by atoms with Gasteiger partial charge in [0, 0.05) is 6.04 Å². The van der Waals surface area contributed by atoms with E-state index in [1.807, 2.05) is 0 Å². The first-order valence-corrected chi connectivity index (χ1v) is 9.44. The highest BCUT2D eigenvalue weighted by molar-refractivity contribution is 4.88. The fraction of sp³-hybridized carbons (Fsp3) is 1.00. The van der Waals surface area contributed by atoms with Crippen molar-refractivity contribution in [1.82, 2.24) is 5.32 Å². The molecule has 2 saturated carbocycles. The highest BCUT2D eigenvalue weighted by Gasteiger charge is 2.34. The zero-order chi connectivity index (χ0) is 14.4. The van der Waals surface area contributed by atoms with Gasteiger partial charge in [0.25, 0.3) is 0 Å². The van der Waals surface area contributed by atoms with E-state index in [1.165, 1.54) is 70.8 Å². The summed E-state index contributed by atoms with van der Waals surface area (Å²) in [7, 11) is 0. The molecule has 2 fully saturated rings. The Bertz CT molecular complexity index is 260. The van der Waals surface area contributed by atoms with Crippen molar-refractivity contribution in [2.75, 3.05) is 6.54 Å². The summed E-state index contributed by atoms with van der Waals surface area (Å²) in [4.78, 5) is 0. The van der Waals surface area contributed by atoms with Crippen LogP contribution >= 0.6 is 0 Å². The van der Waals surface area contributed by atoms with Crippen molar-refractivity contribution in [2.24, 2.45) is 23.7 Å². The topological polar surface area (TPSA) is 12.0 Å². The van der Waals surface area contributed by atoms with Gasteiger partial charge in [0.05, 0.1) is 0 Å². The molecule has 0 bridgehead atoms.